The molecule has 28 heavy (non-hydrogen) atoms. The molecule has 2 aromatic carbocycles. The van der Waals surface area contributed by atoms with Gasteiger partial charge in [0, 0.05) is 11.1 Å². The van der Waals surface area contributed by atoms with Crippen molar-refractivity contribution in [2.45, 2.75) is 26.1 Å². The molecule has 0 amide bonds. The van der Waals surface area contributed by atoms with Gasteiger partial charge in [-0.3, -0.25) is 0 Å². The van der Waals surface area contributed by atoms with Gasteiger partial charge < -0.3 is 14.2 Å². The Labute approximate surface area is 157 Å². The smallest absolute Gasteiger partial charge is 0.419 e. The molecule has 0 spiro atoms. The van der Waals surface area contributed by atoms with Crippen LogP contribution < -0.4 is 4.74 Å². The molecule has 4 rings (SSSR count). The summed E-state index contributed by atoms with van der Waals surface area (Å²) in [5.74, 6) is 0.00431. The lowest BCUT2D eigenvalue weighted by Crippen LogP contribution is -2.13. The third kappa shape index (κ3) is 3.42. The quantitative estimate of drug-likeness (QED) is 0.527. The van der Waals surface area contributed by atoms with E-state index in [9.17, 15) is 13.2 Å². The lowest BCUT2D eigenvalue weighted by atomic mass is 10.1. The minimum absolute atomic E-state index is 0.0151. The Kier molecular flexibility index (Phi) is 4.29. The molecule has 6 nitrogen and oxygen atoms in total. The normalized spacial score (nSPS) is 12.1. The van der Waals surface area contributed by atoms with Crippen molar-refractivity contribution in [3.05, 3.63) is 48.3 Å². The molecule has 0 saturated heterocycles. The van der Waals surface area contributed by atoms with Crippen LogP contribution in [0.3, 0.4) is 0 Å². The average molecular weight is 388 g/mol. The second-order valence-corrected chi connectivity index (χ2v) is 6.43. The summed E-state index contributed by atoms with van der Waals surface area (Å²) in [6.45, 7) is 3.32. The maximum absolute atomic E-state index is 13.4. The summed E-state index contributed by atoms with van der Waals surface area (Å²) in [4.78, 5) is 11.4. The SMILES string of the molecule is CC(C)Oc1ccc(-c2nc(-c3ccc4[nH]cnc4c3)no2)cc1C(F)(F)F. The minimum atomic E-state index is -4.58. The molecule has 2 aromatic heterocycles. The number of nitrogens with zero attached hydrogens (tertiary/aromatic N) is 3. The van der Waals surface area contributed by atoms with Crippen LogP contribution >= 0.6 is 0 Å². The molecule has 0 fully saturated rings. The number of benzene rings is 2. The van der Waals surface area contributed by atoms with Crippen molar-refractivity contribution in [1.82, 2.24) is 20.1 Å². The van der Waals surface area contributed by atoms with Crippen LogP contribution in [0.25, 0.3) is 33.9 Å². The summed E-state index contributed by atoms with van der Waals surface area (Å²) in [6, 6.07) is 9.02. The number of rotatable bonds is 4. The maximum atomic E-state index is 13.4. The number of hydrogen-bond acceptors (Lipinski definition) is 5. The fraction of sp³-hybridized carbons (Fsp3) is 0.211. The number of alkyl halides is 3. The van der Waals surface area contributed by atoms with Gasteiger partial charge in [-0.2, -0.15) is 18.2 Å². The van der Waals surface area contributed by atoms with E-state index in [4.69, 9.17) is 9.26 Å². The van der Waals surface area contributed by atoms with Crippen molar-refractivity contribution in [2.75, 3.05) is 0 Å². The zero-order valence-corrected chi connectivity index (χ0v) is 14.9. The van der Waals surface area contributed by atoms with E-state index in [1.54, 1.807) is 32.3 Å². The summed E-state index contributed by atoms with van der Waals surface area (Å²) in [5, 5.41) is 3.88. The van der Waals surface area contributed by atoms with Gasteiger partial charge in [-0.25, -0.2) is 4.98 Å². The van der Waals surface area contributed by atoms with Gasteiger partial charge in [0.1, 0.15) is 5.75 Å². The molecular weight excluding hydrogens is 373 g/mol. The van der Waals surface area contributed by atoms with Crippen LogP contribution in [-0.2, 0) is 6.18 Å². The number of hydrogen-bond donors (Lipinski definition) is 1. The summed E-state index contributed by atoms with van der Waals surface area (Å²) < 4.78 is 50.7. The molecule has 2 heterocycles. The lowest BCUT2D eigenvalue weighted by Gasteiger charge is -2.16. The molecule has 0 saturated carbocycles. The van der Waals surface area contributed by atoms with Crippen LogP contribution in [0, 0.1) is 0 Å². The molecule has 0 atom stereocenters. The first-order chi connectivity index (χ1) is 13.3. The van der Waals surface area contributed by atoms with Crippen LogP contribution in [0.15, 0.2) is 47.2 Å². The minimum Gasteiger partial charge on any atom is -0.490 e. The van der Waals surface area contributed by atoms with Crippen LogP contribution in [0.4, 0.5) is 13.2 Å². The molecule has 0 radical (unpaired) electrons. The Morgan fingerprint density at radius 1 is 1.07 bits per heavy atom. The van der Waals surface area contributed by atoms with E-state index in [2.05, 4.69) is 20.1 Å². The highest BCUT2D eigenvalue weighted by molar-refractivity contribution is 5.80. The Bertz CT molecular complexity index is 1130. The molecule has 0 aliphatic carbocycles. The van der Waals surface area contributed by atoms with Gasteiger partial charge in [0.15, 0.2) is 0 Å². The topological polar surface area (TPSA) is 76.8 Å². The van der Waals surface area contributed by atoms with Crippen molar-refractivity contribution in [3.63, 3.8) is 0 Å². The summed E-state index contributed by atoms with van der Waals surface area (Å²) >= 11 is 0. The zero-order valence-electron chi connectivity index (χ0n) is 14.9. The van der Waals surface area contributed by atoms with Gasteiger partial charge in [0.25, 0.3) is 5.89 Å². The number of aromatic amines is 1. The fourth-order valence-corrected chi connectivity index (χ4v) is 2.77. The lowest BCUT2D eigenvalue weighted by molar-refractivity contribution is -0.139. The van der Waals surface area contributed by atoms with Crippen molar-refractivity contribution in [1.29, 1.82) is 0 Å². The van der Waals surface area contributed by atoms with Gasteiger partial charge in [-0.05, 0) is 50.2 Å². The third-order valence-electron chi connectivity index (χ3n) is 4.00. The molecule has 0 aliphatic rings. The average Bonchev–Trinajstić information content (AvgIpc) is 3.29. The molecular formula is C19H15F3N4O2. The summed E-state index contributed by atoms with van der Waals surface area (Å²) in [5.41, 5.74) is 1.48. The number of nitrogens with one attached hydrogen (secondary N) is 1. The van der Waals surface area contributed by atoms with Crippen LogP contribution in [0.5, 0.6) is 5.75 Å². The Balaban J connectivity index is 1.71. The number of fused-ring (bicyclic) bond motifs is 1. The van der Waals surface area contributed by atoms with Crippen molar-refractivity contribution in [2.24, 2.45) is 0 Å². The molecule has 9 heteroatoms. The predicted molar refractivity (Wildman–Crippen MR) is 95.6 cm³/mol. The van der Waals surface area contributed by atoms with E-state index in [0.717, 1.165) is 17.1 Å². The highest BCUT2D eigenvalue weighted by Crippen LogP contribution is 2.39. The number of H-pyrrole nitrogens is 1. The number of aromatic nitrogens is 4. The first-order valence-electron chi connectivity index (χ1n) is 8.47. The Morgan fingerprint density at radius 3 is 2.61 bits per heavy atom. The molecule has 0 bridgehead atoms. The summed E-state index contributed by atoms with van der Waals surface area (Å²) in [6.07, 6.45) is -3.40. The van der Waals surface area contributed by atoms with Gasteiger partial charge in [-0.15, -0.1) is 0 Å². The molecule has 0 aliphatic heterocycles. The second kappa shape index (κ2) is 6.66. The molecule has 1 N–H and O–H groups in total. The Morgan fingerprint density at radius 2 is 1.86 bits per heavy atom. The van der Waals surface area contributed by atoms with Crippen molar-refractivity contribution >= 4 is 11.0 Å². The van der Waals surface area contributed by atoms with Gasteiger partial charge in [-0.1, -0.05) is 5.16 Å². The summed E-state index contributed by atoms with van der Waals surface area (Å²) in [7, 11) is 0. The number of imidazole rings is 1. The largest absolute Gasteiger partial charge is 0.490 e. The van der Waals surface area contributed by atoms with E-state index in [1.807, 2.05) is 6.07 Å². The first-order valence-corrected chi connectivity index (χ1v) is 8.47. The monoisotopic (exact) mass is 388 g/mol. The highest BCUT2D eigenvalue weighted by atomic mass is 19.4. The predicted octanol–water partition coefficient (Wildman–Crippen LogP) is 5.09. The van der Waals surface area contributed by atoms with Crippen LogP contribution in [-0.4, -0.2) is 26.2 Å². The fourth-order valence-electron chi connectivity index (χ4n) is 2.77. The van der Waals surface area contributed by atoms with E-state index in [0.29, 0.717) is 5.56 Å². The third-order valence-corrected chi connectivity index (χ3v) is 4.00. The Hall–Kier alpha value is -3.36. The van der Waals surface area contributed by atoms with Gasteiger partial charge in [0.2, 0.25) is 5.82 Å². The molecule has 144 valence electrons. The van der Waals surface area contributed by atoms with E-state index >= 15 is 0 Å². The van der Waals surface area contributed by atoms with Gasteiger partial charge in [0.05, 0.1) is 29.0 Å². The number of ether oxygens (including phenoxy) is 1. The van der Waals surface area contributed by atoms with Crippen molar-refractivity contribution in [3.8, 4) is 28.6 Å². The van der Waals surface area contributed by atoms with Crippen molar-refractivity contribution < 1.29 is 22.4 Å². The molecule has 4 aromatic rings. The van der Waals surface area contributed by atoms with Gasteiger partial charge >= 0.3 is 6.18 Å². The second-order valence-electron chi connectivity index (χ2n) is 6.43. The highest BCUT2D eigenvalue weighted by Gasteiger charge is 2.35. The standard InChI is InChI=1S/C19H15F3N4O2/c1-10(2)27-16-6-4-12(7-13(16)19(20,21)22)18-25-17(26-28-18)11-3-5-14-15(8-11)24-9-23-14/h3-10H,1-2H3,(H,23,24). The zero-order chi connectivity index (χ0) is 19.9. The van der Waals surface area contributed by atoms with E-state index < -0.39 is 11.7 Å². The number of halogens is 3. The van der Waals surface area contributed by atoms with E-state index in [-0.39, 0.29) is 29.1 Å². The van der Waals surface area contributed by atoms with E-state index in [1.165, 1.54) is 12.1 Å². The first kappa shape index (κ1) is 18.0. The van der Waals surface area contributed by atoms with Crippen LogP contribution in [0.1, 0.15) is 19.4 Å². The maximum Gasteiger partial charge on any atom is 0.419 e. The van der Waals surface area contributed by atoms with Crippen LogP contribution in [0.2, 0.25) is 0 Å². The molecule has 0 unspecified atom stereocenters.